The van der Waals surface area contributed by atoms with Crippen molar-refractivity contribution in [2.45, 2.75) is 31.8 Å². The van der Waals surface area contributed by atoms with Gasteiger partial charge in [-0.1, -0.05) is 42.5 Å². The number of hydrogen-bond donors (Lipinski definition) is 2. The minimum absolute atomic E-state index is 0.0195. The van der Waals surface area contributed by atoms with E-state index in [0.717, 1.165) is 54.7 Å². The Balaban J connectivity index is 1.77. The molecule has 2 aromatic heterocycles. The number of para-hydroxylation sites is 2. The first-order chi connectivity index (χ1) is 16.5. The van der Waals surface area contributed by atoms with Crippen LogP contribution in [0, 0.1) is 5.41 Å². The van der Waals surface area contributed by atoms with Gasteiger partial charge < -0.3 is 24.3 Å². The number of benzene rings is 3. The first kappa shape index (κ1) is 18.8. The topological polar surface area (TPSA) is 68.4 Å². The Kier molecular flexibility index (Phi) is 3.16. The van der Waals surface area contributed by atoms with Crippen molar-refractivity contribution in [3.05, 3.63) is 72.3 Å². The van der Waals surface area contributed by atoms with Gasteiger partial charge in [0.2, 0.25) is 0 Å². The van der Waals surface area contributed by atoms with Crippen LogP contribution in [0.1, 0.15) is 35.5 Å². The molecule has 0 spiro atoms. The Morgan fingerprint density at radius 3 is 2.56 bits per heavy atom. The van der Waals surface area contributed by atoms with E-state index in [1.807, 2.05) is 30.3 Å². The van der Waals surface area contributed by atoms with E-state index in [9.17, 15) is 9.90 Å². The number of carbonyl (C=O) groups is 1. The van der Waals surface area contributed by atoms with Crippen molar-refractivity contribution in [1.82, 2.24) is 14.5 Å². The highest BCUT2D eigenvalue weighted by Gasteiger charge is 2.59. The molecule has 3 atom stereocenters. The zero-order valence-electron chi connectivity index (χ0n) is 18.8. The molecule has 2 N–H and O–H groups in total. The fourth-order valence-corrected chi connectivity index (χ4v) is 7.11. The molecule has 3 aliphatic heterocycles. The average Bonchev–Trinajstić information content (AvgIpc) is 3.55. The number of carbonyl (C=O) groups excluding carboxylic acids is 1. The minimum Gasteiger partial charge on any atom is -0.395 e. The van der Waals surface area contributed by atoms with Crippen LogP contribution in [0.3, 0.4) is 0 Å². The Hall–Kier alpha value is -3.61. The number of fused-ring (bicyclic) bond motifs is 13. The molecule has 5 heterocycles. The summed E-state index contributed by atoms with van der Waals surface area (Å²) in [5.41, 5.74) is 4.46. The Morgan fingerprint density at radius 2 is 1.82 bits per heavy atom. The first-order valence-corrected chi connectivity index (χ1v) is 11.8. The number of aliphatic hydroxyl groups excluding tert-OH is 1. The van der Waals surface area contributed by atoms with Crippen molar-refractivity contribution in [2.75, 3.05) is 6.61 Å². The molecule has 2 bridgehead atoms. The van der Waals surface area contributed by atoms with Gasteiger partial charge in [0.05, 0.1) is 39.7 Å². The molecule has 0 aliphatic carbocycles. The monoisotopic (exact) mass is 449 g/mol. The van der Waals surface area contributed by atoms with Crippen LogP contribution in [0.15, 0.2) is 61.2 Å². The minimum atomic E-state index is -0.854. The predicted molar refractivity (Wildman–Crippen MR) is 132 cm³/mol. The number of hydrogen-bond acceptors (Lipinski definition) is 3. The zero-order chi connectivity index (χ0) is 23.0. The molecule has 6 heteroatoms. The van der Waals surface area contributed by atoms with Crippen LogP contribution in [0.25, 0.3) is 43.6 Å². The summed E-state index contributed by atoms with van der Waals surface area (Å²) in [6.45, 7) is 6.67. The summed E-state index contributed by atoms with van der Waals surface area (Å²) in [5, 5.41) is 18.1. The van der Waals surface area contributed by atoms with Gasteiger partial charge in [-0.15, -0.1) is 6.58 Å². The summed E-state index contributed by atoms with van der Waals surface area (Å²) in [6.07, 6.45) is 2.16. The lowest BCUT2D eigenvalue weighted by Gasteiger charge is -2.40. The molecule has 3 aliphatic rings. The maximum Gasteiger partial charge on any atom is 0.252 e. The number of amides is 1. The summed E-state index contributed by atoms with van der Waals surface area (Å²) in [5.74, 6) is -0.0195. The molecule has 1 saturated heterocycles. The van der Waals surface area contributed by atoms with Gasteiger partial charge >= 0.3 is 0 Å². The quantitative estimate of drug-likeness (QED) is 0.376. The number of aromatic nitrogens is 2. The standard InChI is InChI=1S/C28H23N3O3/c1-3-28(14-32)12-20-30-18-10-6-4-8-15(18)22-23-17(13-29-26(23)33)21-16-9-5-7-11-19(16)31(25(21)24(22)30)27(28,2)34-20/h3-11,20,32H,1,12-14H2,2H3,(H,29,33)/t20?,27-,28-/m0/s1. The van der Waals surface area contributed by atoms with E-state index in [0.29, 0.717) is 13.0 Å². The molecule has 6 nitrogen and oxygen atoms in total. The van der Waals surface area contributed by atoms with Gasteiger partial charge in [0.25, 0.3) is 5.91 Å². The lowest BCUT2D eigenvalue weighted by atomic mass is 9.77. The van der Waals surface area contributed by atoms with Crippen molar-refractivity contribution >= 4 is 49.5 Å². The third-order valence-electron chi connectivity index (χ3n) is 8.73. The van der Waals surface area contributed by atoms with Crippen LogP contribution in [-0.2, 0) is 17.0 Å². The summed E-state index contributed by atoms with van der Waals surface area (Å²) < 4.78 is 11.5. The van der Waals surface area contributed by atoms with E-state index in [2.05, 4.69) is 52.2 Å². The van der Waals surface area contributed by atoms with Crippen LogP contribution in [-0.4, -0.2) is 26.8 Å². The van der Waals surface area contributed by atoms with E-state index in [4.69, 9.17) is 4.74 Å². The Morgan fingerprint density at radius 1 is 1.12 bits per heavy atom. The number of ether oxygens (including phenoxy) is 1. The largest absolute Gasteiger partial charge is 0.395 e. The van der Waals surface area contributed by atoms with Gasteiger partial charge in [-0.05, 0) is 24.6 Å². The lowest BCUT2D eigenvalue weighted by molar-refractivity contribution is -0.141. The lowest BCUT2D eigenvalue weighted by Crippen LogP contribution is -2.46. The Bertz CT molecular complexity index is 1780. The molecule has 1 unspecified atom stereocenters. The maximum absolute atomic E-state index is 13.2. The van der Waals surface area contributed by atoms with Gasteiger partial charge in [-0.3, -0.25) is 4.79 Å². The summed E-state index contributed by atoms with van der Waals surface area (Å²) >= 11 is 0. The second-order valence-electron chi connectivity index (χ2n) is 10.0. The van der Waals surface area contributed by atoms with Crippen molar-refractivity contribution in [3.8, 4) is 0 Å². The first-order valence-electron chi connectivity index (χ1n) is 11.8. The highest BCUT2D eigenvalue weighted by Crippen LogP contribution is 2.60. The molecule has 34 heavy (non-hydrogen) atoms. The normalized spacial score (nSPS) is 27.2. The molecule has 0 radical (unpaired) electrons. The smallest absolute Gasteiger partial charge is 0.252 e. The fourth-order valence-electron chi connectivity index (χ4n) is 7.11. The summed E-state index contributed by atoms with van der Waals surface area (Å²) in [6, 6.07) is 16.6. The van der Waals surface area contributed by atoms with Gasteiger partial charge in [-0.2, -0.15) is 0 Å². The molecule has 8 rings (SSSR count). The average molecular weight is 450 g/mol. The third-order valence-corrected chi connectivity index (χ3v) is 8.73. The van der Waals surface area contributed by atoms with Gasteiger partial charge in [-0.25, -0.2) is 0 Å². The summed E-state index contributed by atoms with van der Waals surface area (Å²) in [7, 11) is 0. The van der Waals surface area contributed by atoms with Crippen molar-refractivity contribution in [1.29, 1.82) is 0 Å². The number of aliphatic hydroxyl groups is 1. The highest BCUT2D eigenvalue weighted by atomic mass is 16.5. The highest BCUT2D eigenvalue weighted by molar-refractivity contribution is 6.31. The molecule has 1 amide bonds. The second kappa shape index (κ2) is 5.71. The molecule has 5 aromatic rings. The molecule has 3 aromatic carbocycles. The molecule has 168 valence electrons. The van der Waals surface area contributed by atoms with Gasteiger partial charge in [0.15, 0.2) is 5.72 Å². The van der Waals surface area contributed by atoms with Crippen LogP contribution >= 0.6 is 0 Å². The van der Waals surface area contributed by atoms with E-state index < -0.39 is 11.1 Å². The maximum atomic E-state index is 13.2. The Labute approximate surface area is 195 Å². The van der Waals surface area contributed by atoms with E-state index in [1.54, 1.807) is 0 Å². The molecule has 1 fully saturated rings. The van der Waals surface area contributed by atoms with Gasteiger partial charge in [0.1, 0.15) is 6.23 Å². The van der Waals surface area contributed by atoms with Crippen LogP contribution in [0.4, 0.5) is 0 Å². The van der Waals surface area contributed by atoms with E-state index in [-0.39, 0.29) is 18.7 Å². The molecular weight excluding hydrogens is 426 g/mol. The number of rotatable bonds is 2. The van der Waals surface area contributed by atoms with Crippen LogP contribution in [0.5, 0.6) is 0 Å². The van der Waals surface area contributed by atoms with E-state index >= 15 is 0 Å². The molecular formula is C28H23N3O3. The molecule has 0 saturated carbocycles. The van der Waals surface area contributed by atoms with Crippen LogP contribution < -0.4 is 5.32 Å². The SMILES string of the molecule is C=C[C@@]1(CO)CC2O[C@]1(C)n1c3ccccc3c3c4c(c5c6ccccc6n2c5c31)C(=O)NC4. The second-order valence-corrected chi connectivity index (χ2v) is 10.0. The van der Waals surface area contributed by atoms with Crippen molar-refractivity contribution in [2.24, 2.45) is 5.41 Å². The van der Waals surface area contributed by atoms with Gasteiger partial charge in [0, 0.05) is 34.5 Å². The number of nitrogens with one attached hydrogen (secondary N) is 1. The van der Waals surface area contributed by atoms with Crippen LogP contribution in [0.2, 0.25) is 0 Å². The summed E-state index contributed by atoms with van der Waals surface area (Å²) in [4.78, 5) is 13.2. The van der Waals surface area contributed by atoms with E-state index in [1.165, 1.54) is 0 Å². The zero-order valence-corrected chi connectivity index (χ0v) is 18.8. The number of nitrogens with zero attached hydrogens (tertiary/aromatic N) is 2. The van der Waals surface area contributed by atoms with Crippen molar-refractivity contribution < 1.29 is 14.6 Å². The van der Waals surface area contributed by atoms with Crippen molar-refractivity contribution in [3.63, 3.8) is 0 Å². The predicted octanol–water partition coefficient (Wildman–Crippen LogP) is 4.92. The third kappa shape index (κ3) is 1.75. The fraction of sp³-hybridized carbons (Fsp3) is 0.250.